The van der Waals surface area contributed by atoms with E-state index in [9.17, 15) is 9.59 Å². The normalized spacial score (nSPS) is 12.4. The Balaban J connectivity index is 1.12. The highest BCUT2D eigenvalue weighted by molar-refractivity contribution is 7.08. The van der Waals surface area contributed by atoms with E-state index in [1.807, 2.05) is 121 Å². The van der Waals surface area contributed by atoms with E-state index in [1.54, 1.807) is 24.3 Å². The summed E-state index contributed by atoms with van der Waals surface area (Å²) >= 11 is 0. The van der Waals surface area contributed by atoms with Gasteiger partial charge in [-0.3, -0.25) is 9.59 Å². The van der Waals surface area contributed by atoms with Gasteiger partial charge in [0.25, 0.3) is 0 Å². The van der Waals surface area contributed by atoms with Crippen LogP contribution in [0.1, 0.15) is 31.8 Å². The van der Waals surface area contributed by atoms with E-state index >= 15 is 0 Å². The van der Waals surface area contributed by atoms with Gasteiger partial charge in [0.2, 0.25) is 0 Å². The molecule has 0 spiro atoms. The number of hydrogen-bond acceptors (Lipinski definition) is 4. The van der Waals surface area contributed by atoms with Crippen LogP contribution in [0.15, 0.2) is 218 Å². The molecule has 0 radical (unpaired) electrons. The molecule has 8 aromatic carbocycles. The van der Waals surface area contributed by atoms with E-state index < -0.39 is 16.6 Å². The lowest BCUT2D eigenvalue weighted by molar-refractivity contribution is 0.0979. The Morgan fingerprint density at radius 3 is 0.732 bits per heavy atom. The topological polar surface area (TPSA) is 52.6 Å². The maximum atomic E-state index is 14.4. The number of carbonyl (C=O) groups excluding carboxylic acids is 2. The van der Waals surface area contributed by atoms with E-state index in [0.29, 0.717) is 33.8 Å². The fourth-order valence-electron chi connectivity index (χ4n) is 7.98. The van der Waals surface area contributed by atoms with E-state index in [-0.39, 0.29) is 11.6 Å². The largest absolute Gasteiger partial charge is 0.530 e. The van der Waals surface area contributed by atoms with Crippen LogP contribution < -0.4 is 40.0 Å². The Morgan fingerprint density at radius 2 is 0.500 bits per heavy atom. The van der Waals surface area contributed by atoms with Crippen LogP contribution in [0.4, 0.5) is 0 Å². The number of rotatable bonds is 10. The highest BCUT2D eigenvalue weighted by atomic mass is 28.4. The predicted molar refractivity (Wildman–Crippen MR) is 229 cm³/mol. The van der Waals surface area contributed by atoms with E-state index in [4.69, 9.17) is 8.85 Å². The van der Waals surface area contributed by atoms with Crippen LogP contribution in [0.3, 0.4) is 0 Å². The summed E-state index contributed by atoms with van der Waals surface area (Å²) in [5, 5.41) is 6.40. The smallest absolute Gasteiger partial charge is 0.346 e. The molecule has 4 nitrogen and oxygen atoms in total. The second kappa shape index (κ2) is 14.8. The minimum atomic E-state index is -3.14. The summed E-state index contributed by atoms with van der Waals surface area (Å²) in [5.41, 5.74) is 1.34. The fraction of sp³-hybridized carbons (Fsp3) is 0. The summed E-state index contributed by atoms with van der Waals surface area (Å²) in [4.78, 5) is 28.8. The number of fused-ring (bicyclic) bond motifs is 2. The van der Waals surface area contributed by atoms with Crippen LogP contribution in [0.5, 0.6) is 11.5 Å². The number of ketones is 2. The quantitative estimate of drug-likeness (QED) is 0.117. The molecule has 0 atom stereocenters. The standard InChI is InChI=1S/C50H36O4Si2/c51-49-46-34-32-38(54-56(42-25-13-4-14-26-42,43-27-15-5-16-28-43)44-29-17-6-18-30-44)36-48(46)50(52)45-33-31-37(35-47(45)49)53-55(39-19-7-1-8-20-39,40-21-9-2-10-22-40)41-23-11-3-12-24-41/h1-36H. The van der Waals surface area contributed by atoms with Crippen LogP contribution in [-0.4, -0.2) is 28.2 Å². The van der Waals surface area contributed by atoms with Gasteiger partial charge in [-0.2, -0.15) is 0 Å². The zero-order chi connectivity index (χ0) is 38.0. The molecule has 0 heterocycles. The van der Waals surface area contributed by atoms with Gasteiger partial charge in [0, 0.05) is 22.3 Å². The number of hydrogen-bond donors (Lipinski definition) is 0. The first-order chi connectivity index (χ1) is 27.6. The van der Waals surface area contributed by atoms with Crippen molar-refractivity contribution in [2.45, 2.75) is 0 Å². The zero-order valence-corrected chi connectivity index (χ0v) is 32.4. The zero-order valence-electron chi connectivity index (χ0n) is 30.4. The average Bonchev–Trinajstić information content (AvgIpc) is 3.28. The molecule has 0 unspecified atom stereocenters. The average molecular weight is 757 g/mol. The second-order valence-electron chi connectivity index (χ2n) is 13.8. The van der Waals surface area contributed by atoms with Crippen LogP contribution in [-0.2, 0) is 0 Å². The maximum absolute atomic E-state index is 14.4. The summed E-state index contributed by atoms with van der Waals surface area (Å²) in [5.74, 6) is 0.605. The van der Waals surface area contributed by atoms with Gasteiger partial charge in [-0.15, -0.1) is 0 Å². The number of benzene rings is 8. The summed E-state index contributed by atoms with van der Waals surface area (Å²) in [7, 11) is -6.29. The molecule has 268 valence electrons. The van der Waals surface area contributed by atoms with Gasteiger partial charge in [-0.25, -0.2) is 0 Å². The first-order valence-corrected chi connectivity index (χ1v) is 22.5. The highest BCUT2D eigenvalue weighted by Gasteiger charge is 2.46. The van der Waals surface area contributed by atoms with Crippen molar-refractivity contribution in [1.29, 1.82) is 0 Å². The van der Waals surface area contributed by atoms with Crippen molar-refractivity contribution in [3.05, 3.63) is 241 Å². The van der Waals surface area contributed by atoms with Crippen LogP contribution in [0.25, 0.3) is 0 Å². The summed E-state index contributed by atoms with van der Waals surface area (Å²) in [6.45, 7) is 0. The van der Waals surface area contributed by atoms with Gasteiger partial charge in [0.05, 0.1) is 0 Å². The fourth-order valence-corrected chi connectivity index (χ4v) is 15.6. The third-order valence-corrected chi connectivity index (χ3v) is 18.5. The van der Waals surface area contributed by atoms with E-state index in [1.165, 1.54) is 0 Å². The van der Waals surface area contributed by atoms with Crippen molar-refractivity contribution in [3.63, 3.8) is 0 Å². The third kappa shape index (κ3) is 6.02. The molecule has 9 rings (SSSR count). The summed E-state index contributed by atoms with van der Waals surface area (Å²) in [6, 6.07) is 72.3. The Hall–Kier alpha value is -6.87. The molecule has 0 fully saturated rings. The van der Waals surface area contributed by atoms with Gasteiger partial charge in [-0.05, 0) is 67.5 Å². The van der Waals surface area contributed by atoms with Gasteiger partial charge in [-0.1, -0.05) is 182 Å². The Bertz CT molecular complexity index is 2270. The molecular weight excluding hydrogens is 721 g/mol. The monoisotopic (exact) mass is 756 g/mol. The third-order valence-electron chi connectivity index (χ3n) is 10.6. The molecule has 0 aromatic heterocycles. The van der Waals surface area contributed by atoms with Crippen molar-refractivity contribution in [2.75, 3.05) is 0 Å². The van der Waals surface area contributed by atoms with E-state index in [0.717, 1.165) is 31.1 Å². The predicted octanol–water partition coefficient (Wildman–Crippen LogP) is 6.55. The Labute approximate surface area is 328 Å². The molecule has 0 amide bonds. The molecule has 8 aromatic rings. The van der Waals surface area contributed by atoms with Gasteiger partial charge in [0.15, 0.2) is 11.6 Å². The minimum absolute atomic E-state index is 0.226. The summed E-state index contributed by atoms with van der Waals surface area (Å²) < 4.78 is 14.5. The molecule has 0 aliphatic heterocycles. The molecule has 0 saturated heterocycles. The van der Waals surface area contributed by atoms with Gasteiger partial charge >= 0.3 is 16.6 Å². The molecule has 6 heteroatoms. The molecular formula is C50H36O4Si2. The van der Waals surface area contributed by atoms with E-state index in [2.05, 4.69) is 72.8 Å². The Kier molecular flexibility index (Phi) is 9.19. The van der Waals surface area contributed by atoms with Crippen LogP contribution >= 0.6 is 0 Å². The van der Waals surface area contributed by atoms with Crippen molar-refractivity contribution in [1.82, 2.24) is 0 Å². The summed E-state index contributed by atoms with van der Waals surface area (Å²) in [6.07, 6.45) is 0. The lowest BCUT2D eigenvalue weighted by atomic mass is 9.84. The van der Waals surface area contributed by atoms with Crippen molar-refractivity contribution < 1.29 is 18.4 Å². The molecule has 0 saturated carbocycles. The molecule has 1 aliphatic rings. The maximum Gasteiger partial charge on any atom is 0.346 e. The lowest BCUT2D eigenvalue weighted by Crippen LogP contribution is -2.71. The lowest BCUT2D eigenvalue weighted by Gasteiger charge is -2.34. The van der Waals surface area contributed by atoms with Crippen LogP contribution in [0, 0.1) is 0 Å². The van der Waals surface area contributed by atoms with Crippen molar-refractivity contribution in [3.8, 4) is 11.5 Å². The van der Waals surface area contributed by atoms with Crippen LogP contribution in [0.2, 0.25) is 0 Å². The Morgan fingerprint density at radius 1 is 0.268 bits per heavy atom. The second-order valence-corrected chi connectivity index (χ2v) is 20.4. The molecule has 1 aliphatic carbocycles. The van der Waals surface area contributed by atoms with Crippen molar-refractivity contribution >= 4 is 59.3 Å². The van der Waals surface area contributed by atoms with Gasteiger partial charge in [0.1, 0.15) is 11.5 Å². The minimum Gasteiger partial charge on any atom is -0.530 e. The highest BCUT2D eigenvalue weighted by Crippen LogP contribution is 2.33. The molecule has 0 bridgehead atoms. The van der Waals surface area contributed by atoms with Gasteiger partial charge < -0.3 is 8.85 Å². The molecule has 0 N–H and O–H groups in total. The first kappa shape index (κ1) is 34.9. The SMILES string of the molecule is O=C1c2ccc(O[Si](c3ccccc3)(c3ccccc3)c3ccccc3)cc2C(=O)c2ccc(O[Si](c3ccccc3)(c3ccccc3)c3ccccc3)cc21. The number of carbonyl (C=O) groups is 2. The first-order valence-electron chi connectivity index (χ1n) is 18.7. The molecule has 56 heavy (non-hydrogen) atoms. The van der Waals surface area contributed by atoms with Crippen molar-refractivity contribution in [2.24, 2.45) is 0 Å².